The number of benzene rings is 1. The van der Waals surface area contributed by atoms with Gasteiger partial charge >= 0.3 is 5.97 Å². The molecule has 0 saturated carbocycles. The molecule has 0 amide bonds. The molecule has 1 atom stereocenters. The van der Waals surface area contributed by atoms with E-state index in [1.165, 1.54) is 12.7 Å². The summed E-state index contributed by atoms with van der Waals surface area (Å²) >= 11 is 0. The zero-order valence-corrected chi connectivity index (χ0v) is 11.7. The van der Waals surface area contributed by atoms with E-state index in [0.717, 1.165) is 19.4 Å². The van der Waals surface area contributed by atoms with Crippen molar-refractivity contribution in [3.8, 4) is 0 Å². The van der Waals surface area contributed by atoms with Crippen molar-refractivity contribution in [2.45, 2.75) is 24.9 Å². The maximum Gasteiger partial charge on any atom is 0.327 e. The van der Waals surface area contributed by atoms with Crippen LogP contribution in [0.25, 0.3) is 0 Å². The summed E-state index contributed by atoms with van der Waals surface area (Å²) < 4.78 is 5.00. The van der Waals surface area contributed by atoms with Gasteiger partial charge in [-0.1, -0.05) is 30.3 Å². The van der Waals surface area contributed by atoms with Gasteiger partial charge in [-0.3, -0.25) is 10.1 Å². The third kappa shape index (κ3) is 3.33. The smallest absolute Gasteiger partial charge is 0.327 e. The van der Waals surface area contributed by atoms with Gasteiger partial charge in [0, 0.05) is 13.1 Å². The Morgan fingerprint density at radius 2 is 2.16 bits per heavy atom. The number of nitrogens with zero attached hydrogens (tertiary/aromatic N) is 1. The van der Waals surface area contributed by atoms with Crippen LogP contribution < -0.4 is 5.32 Å². The number of nitrogens with one attached hydrogen (secondary N) is 1. The zero-order chi connectivity index (χ0) is 13.7. The third-order valence-corrected chi connectivity index (χ3v) is 3.73. The number of esters is 1. The highest BCUT2D eigenvalue weighted by Crippen LogP contribution is 2.22. The monoisotopic (exact) mass is 262 g/mol. The number of carbonyl (C=O) groups is 1. The standard InChI is InChI=1S/C15H22N2O2/c1-17-10-6-9-15(12-17,14(18)19-2)16-11-13-7-4-3-5-8-13/h3-5,7-8,16H,6,9-12H2,1-2H3. The van der Waals surface area contributed by atoms with Gasteiger partial charge < -0.3 is 9.64 Å². The van der Waals surface area contributed by atoms with Gasteiger partial charge in [0.15, 0.2) is 0 Å². The Hall–Kier alpha value is -1.39. The first-order valence-corrected chi connectivity index (χ1v) is 6.72. The fourth-order valence-electron chi connectivity index (χ4n) is 2.72. The summed E-state index contributed by atoms with van der Waals surface area (Å²) in [4.78, 5) is 14.3. The van der Waals surface area contributed by atoms with Crippen molar-refractivity contribution in [1.82, 2.24) is 10.2 Å². The Bertz CT molecular complexity index is 421. The topological polar surface area (TPSA) is 41.6 Å². The molecular weight excluding hydrogens is 240 g/mol. The highest BCUT2D eigenvalue weighted by molar-refractivity contribution is 5.81. The van der Waals surface area contributed by atoms with Crippen molar-refractivity contribution in [1.29, 1.82) is 0 Å². The van der Waals surface area contributed by atoms with E-state index in [1.54, 1.807) is 0 Å². The van der Waals surface area contributed by atoms with E-state index < -0.39 is 5.54 Å². The molecule has 1 aromatic carbocycles. The van der Waals surface area contributed by atoms with Gasteiger partial charge in [0.2, 0.25) is 0 Å². The first-order valence-electron chi connectivity index (χ1n) is 6.72. The maximum atomic E-state index is 12.1. The Morgan fingerprint density at radius 1 is 1.42 bits per heavy atom. The normalized spacial score (nSPS) is 24.1. The summed E-state index contributed by atoms with van der Waals surface area (Å²) in [6, 6.07) is 10.1. The first-order chi connectivity index (χ1) is 9.16. The van der Waals surface area contributed by atoms with Crippen molar-refractivity contribution in [3.63, 3.8) is 0 Å². The number of hydrogen-bond donors (Lipinski definition) is 1. The summed E-state index contributed by atoms with van der Waals surface area (Å²) in [6.45, 7) is 2.42. The minimum absolute atomic E-state index is 0.157. The van der Waals surface area contributed by atoms with Crippen LogP contribution in [0.15, 0.2) is 30.3 Å². The molecule has 0 aliphatic carbocycles. The fraction of sp³-hybridized carbons (Fsp3) is 0.533. The lowest BCUT2D eigenvalue weighted by Gasteiger charge is -2.39. The quantitative estimate of drug-likeness (QED) is 0.833. The number of carbonyl (C=O) groups excluding carboxylic acids is 1. The lowest BCUT2D eigenvalue weighted by molar-refractivity contribution is -0.151. The summed E-state index contributed by atoms with van der Waals surface area (Å²) in [5.74, 6) is -0.157. The predicted molar refractivity (Wildman–Crippen MR) is 74.8 cm³/mol. The second-order valence-corrected chi connectivity index (χ2v) is 5.25. The van der Waals surface area contributed by atoms with Crippen molar-refractivity contribution in [3.05, 3.63) is 35.9 Å². The van der Waals surface area contributed by atoms with Gasteiger partial charge in [-0.15, -0.1) is 0 Å². The van der Waals surface area contributed by atoms with E-state index in [2.05, 4.69) is 22.3 Å². The number of likely N-dealkylation sites (N-methyl/N-ethyl adjacent to an activating group) is 1. The number of likely N-dealkylation sites (tertiary alicyclic amines) is 1. The highest BCUT2D eigenvalue weighted by atomic mass is 16.5. The molecule has 1 saturated heterocycles. The SMILES string of the molecule is COC(=O)C1(NCc2ccccc2)CCCN(C)C1. The molecule has 1 N–H and O–H groups in total. The number of piperidine rings is 1. The van der Waals surface area contributed by atoms with Crippen LogP contribution in [0.2, 0.25) is 0 Å². The van der Waals surface area contributed by atoms with E-state index in [9.17, 15) is 4.79 Å². The molecule has 104 valence electrons. The van der Waals surface area contributed by atoms with Crippen LogP contribution in [0.4, 0.5) is 0 Å². The largest absolute Gasteiger partial charge is 0.468 e. The Kier molecular flexibility index (Phi) is 4.56. The van der Waals surface area contributed by atoms with E-state index in [-0.39, 0.29) is 5.97 Å². The molecule has 4 heteroatoms. The summed E-state index contributed by atoms with van der Waals surface area (Å²) in [5, 5.41) is 3.42. The lowest BCUT2D eigenvalue weighted by atomic mass is 9.89. The molecule has 19 heavy (non-hydrogen) atoms. The predicted octanol–water partition coefficient (Wildman–Crippen LogP) is 1.41. The molecule has 2 rings (SSSR count). The van der Waals surface area contributed by atoms with E-state index in [1.807, 2.05) is 25.2 Å². The summed E-state index contributed by atoms with van der Waals surface area (Å²) in [6.07, 6.45) is 1.84. The molecule has 1 heterocycles. The van der Waals surface area contributed by atoms with E-state index >= 15 is 0 Å². The molecule has 1 unspecified atom stereocenters. The minimum Gasteiger partial charge on any atom is -0.468 e. The van der Waals surface area contributed by atoms with Crippen molar-refractivity contribution in [2.24, 2.45) is 0 Å². The molecule has 0 bridgehead atoms. The molecular formula is C15H22N2O2. The van der Waals surface area contributed by atoms with E-state index in [0.29, 0.717) is 13.1 Å². The maximum absolute atomic E-state index is 12.1. The second kappa shape index (κ2) is 6.17. The summed E-state index contributed by atoms with van der Waals surface area (Å²) in [5.41, 5.74) is 0.608. The molecule has 0 radical (unpaired) electrons. The average Bonchev–Trinajstić information content (AvgIpc) is 2.45. The molecule has 4 nitrogen and oxygen atoms in total. The Labute approximate surface area is 114 Å². The molecule has 0 aromatic heterocycles. The second-order valence-electron chi connectivity index (χ2n) is 5.25. The Balaban J connectivity index is 2.08. The number of ether oxygens (including phenoxy) is 1. The zero-order valence-electron chi connectivity index (χ0n) is 11.7. The van der Waals surface area contributed by atoms with Crippen molar-refractivity contribution in [2.75, 3.05) is 27.2 Å². The molecule has 0 spiro atoms. The number of hydrogen-bond acceptors (Lipinski definition) is 4. The number of rotatable bonds is 4. The fourth-order valence-corrected chi connectivity index (χ4v) is 2.72. The van der Waals surface area contributed by atoms with E-state index in [4.69, 9.17) is 4.74 Å². The van der Waals surface area contributed by atoms with Gasteiger partial charge in [0.1, 0.15) is 5.54 Å². The first kappa shape index (κ1) is 14.0. The molecule has 1 aromatic rings. The van der Waals surface area contributed by atoms with Crippen molar-refractivity contribution < 1.29 is 9.53 Å². The summed E-state index contributed by atoms with van der Waals surface area (Å²) in [7, 11) is 3.50. The van der Waals surface area contributed by atoms with Crippen LogP contribution in [-0.4, -0.2) is 43.7 Å². The molecule has 1 aliphatic heterocycles. The average molecular weight is 262 g/mol. The van der Waals surface area contributed by atoms with Gasteiger partial charge in [-0.2, -0.15) is 0 Å². The van der Waals surface area contributed by atoms with Gasteiger partial charge in [0.25, 0.3) is 0 Å². The van der Waals surface area contributed by atoms with Crippen LogP contribution in [0.5, 0.6) is 0 Å². The van der Waals surface area contributed by atoms with Crippen LogP contribution in [0, 0.1) is 0 Å². The Morgan fingerprint density at radius 3 is 2.79 bits per heavy atom. The number of methoxy groups -OCH3 is 1. The van der Waals surface area contributed by atoms with Crippen LogP contribution in [0.1, 0.15) is 18.4 Å². The van der Waals surface area contributed by atoms with Crippen LogP contribution >= 0.6 is 0 Å². The van der Waals surface area contributed by atoms with Crippen LogP contribution in [-0.2, 0) is 16.1 Å². The van der Waals surface area contributed by atoms with Crippen molar-refractivity contribution >= 4 is 5.97 Å². The van der Waals surface area contributed by atoms with Gasteiger partial charge in [0.05, 0.1) is 7.11 Å². The van der Waals surface area contributed by atoms with Gasteiger partial charge in [-0.05, 0) is 32.0 Å². The molecule has 1 fully saturated rings. The highest BCUT2D eigenvalue weighted by Gasteiger charge is 2.41. The molecule has 1 aliphatic rings. The minimum atomic E-state index is -0.572. The van der Waals surface area contributed by atoms with Crippen LogP contribution in [0.3, 0.4) is 0 Å². The lowest BCUT2D eigenvalue weighted by Crippen LogP contribution is -2.61. The third-order valence-electron chi connectivity index (χ3n) is 3.73. The van der Waals surface area contributed by atoms with Gasteiger partial charge in [-0.25, -0.2) is 0 Å².